The number of aliphatic carboxylic acids is 1. The van der Waals surface area contributed by atoms with Gasteiger partial charge in [-0.3, -0.25) is 9.59 Å². The van der Waals surface area contributed by atoms with Crippen molar-refractivity contribution in [1.82, 2.24) is 0 Å². The van der Waals surface area contributed by atoms with Crippen molar-refractivity contribution < 1.29 is 19.4 Å². The van der Waals surface area contributed by atoms with Crippen molar-refractivity contribution in [2.75, 3.05) is 6.61 Å². The third kappa shape index (κ3) is 2.74. The molecule has 0 aromatic heterocycles. The summed E-state index contributed by atoms with van der Waals surface area (Å²) in [6, 6.07) is 0. The van der Waals surface area contributed by atoms with Gasteiger partial charge >= 0.3 is 11.9 Å². The Hall–Kier alpha value is -1.06. The van der Waals surface area contributed by atoms with Crippen LogP contribution in [0.2, 0.25) is 0 Å². The molecule has 0 spiro atoms. The van der Waals surface area contributed by atoms with Gasteiger partial charge in [-0.1, -0.05) is 27.2 Å². The highest BCUT2D eigenvalue weighted by Crippen LogP contribution is 2.36. The zero-order chi connectivity index (χ0) is 12.8. The lowest BCUT2D eigenvalue weighted by atomic mass is 9.72. The van der Waals surface area contributed by atoms with Crippen LogP contribution in [0.3, 0.4) is 0 Å². The summed E-state index contributed by atoms with van der Waals surface area (Å²) in [7, 11) is 0. The van der Waals surface area contributed by atoms with E-state index in [1.807, 2.05) is 6.92 Å². The minimum absolute atomic E-state index is 0.209. The van der Waals surface area contributed by atoms with E-state index in [9.17, 15) is 14.7 Å². The van der Waals surface area contributed by atoms with Crippen LogP contribution in [0.25, 0.3) is 0 Å². The maximum absolute atomic E-state index is 11.9. The van der Waals surface area contributed by atoms with Gasteiger partial charge in [0.1, 0.15) is 0 Å². The molecule has 0 amide bonds. The molecule has 1 N–H and O–H groups in total. The number of ether oxygens (including phenoxy) is 1. The van der Waals surface area contributed by atoms with Crippen molar-refractivity contribution in [3.8, 4) is 0 Å². The van der Waals surface area contributed by atoms with Gasteiger partial charge in [0.25, 0.3) is 0 Å². The Kier molecular flexibility index (Phi) is 6.08. The third-order valence-electron chi connectivity index (χ3n) is 3.14. The number of esters is 1. The van der Waals surface area contributed by atoms with Gasteiger partial charge in [0, 0.05) is 0 Å². The SMILES string of the molecule is CCC[C@H](C)C(CC)(C(=O)O)C(=O)OCC. The van der Waals surface area contributed by atoms with Gasteiger partial charge in [-0.2, -0.15) is 0 Å². The first kappa shape index (κ1) is 14.9. The number of hydrogen-bond acceptors (Lipinski definition) is 3. The number of carboxylic acid groups (broad SMARTS) is 1. The summed E-state index contributed by atoms with van der Waals surface area (Å²) < 4.78 is 4.91. The number of carboxylic acids is 1. The van der Waals surface area contributed by atoms with E-state index in [2.05, 4.69) is 0 Å². The highest BCUT2D eigenvalue weighted by molar-refractivity contribution is 5.99. The van der Waals surface area contributed by atoms with E-state index < -0.39 is 17.4 Å². The Bertz CT molecular complexity index is 249. The molecule has 0 aliphatic carbocycles. The maximum Gasteiger partial charge on any atom is 0.323 e. The van der Waals surface area contributed by atoms with Gasteiger partial charge in [-0.05, 0) is 25.7 Å². The van der Waals surface area contributed by atoms with Crippen LogP contribution in [0.15, 0.2) is 0 Å². The fourth-order valence-corrected chi connectivity index (χ4v) is 2.08. The Labute approximate surface area is 97.0 Å². The quantitative estimate of drug-likeness (QED) is 0.539. The molecule has 1 unspecified atom stereocenters. The lowest BCUT2D eigenvalue weighted by Gasteiger charge is -2.31. The fraction of sp³-hybridized carbons (Fsp3) is 0.833. The van der Waals surface area contributed by atoms with E-state index in [1.165, 1.54) is 0 Å². The summed E-state index contributed by atoms with van der Waals surface area (Å²) in [5.74, 6) is -1.89. The second kappa shape index (κ2) is 6.51. The van der Waals surface area contributed by atoms with Crippen molar-refractivity contribution in [3.05, 3.63) is 0 Å². The Morgan fingerprint density at radius 2 is 1.88 bits per heavy atom. The zero-order valence-electron chi connectivity index (χ0n) is 10.6. The van der Waals surface area contributed by atoms with Gasteiger partial charge in [0.15, 0.2) is 5.41 Å². The summed E-state index contributed by atoms with van der Waals surface area (Å²) in [6.45, 7) is 7.40. The minimum Gasteiger partial charge on any atom is -0.480 e. The van der Waals surface area contributed by atoms with Gasteiger partial charge in [-0.15, -0.1) is 0 Å². The lowest BCUT2D eigenvalue weighted by Crippen LogP contribution is -2.45. The van der Waals surface area contributed by atoms with Gasteiger partial charge in [-0.25, -0.2) is 0 Å². The number of rotatable bonds is 7. The van der Waals surface area contributed by atoms with Crippen LogP contribution in [-0.2, 0) is 14.3 Å². The number of hydrogen-bond donors (Lipinski definition) is 1. The largest absolute Gasteiger partial charge is 0.480 e. The Balaban J connectivity index is 5.14. The highest BCUT2D eigenvalue weighted by atomic mass is 16.5. The molecule has 0 heterocycles. The molecule has 0 saturated heterocycles. The first-order valence-electron chi connectivity index (χ1n) is 5.87. The predicted octanol–water partition coefficient (Wildman–Crippen LogP) is 2.47. The summed E-state index contributed by atoms with van der Waals surface area (Å²) in [6.07, 6.45) is 1.83. The Morgan fingerprint density at radius 3 is 2.19 bits per heavy atom. The van der Waals surface area contributed by atoms with Crippen molar-refractivity contribution >= 4 is 11.9 Å². The molecule has 0 radical (unpaired) electrons. The molecule has 0 aliphatic rings. The predicted molar refractivity (Wildman–Crippen MR) is 61.1 cm³/mol. The van der Waals surface area contributed by atoms with E-state index in [4.69, 9.17) is 4.74 Å². The zero-order valence-corrected chi connectivity index (χ0v) is 10.6. The van der Waals surface area contributed by atoms with Crippen LogP contribution < -0.4 is 0 Å². The van der Waals surface area contributed by atoms with Crippen molar-refractivity contribution in [3.63, 3.8) is 0 Å². The van der Waals surface area contributed by atoms with E-state index in [-0.39, 0.29) is 18.9 Å². The molecule has 0 saturated carbocycles. The van der Waals surface area contributed by atoms with Crippen LogP contribution >= 0.6 is 0 Å². The molecule has 4 heteroatoms. The van der Waals surface area contributed by atoms with Gasteiger partial charge in [0.2, 0.25) is 0 Å². The second-order valence-corrected chi connectivity index (χ2v) is 4.04. The lowest BCUT2D eigenvalue weighted by molar-refractivity contribution is -0.173. The molecule has 0 fully saturated rings. The van der Waals surface area contributed by atoms with Crippen LogP contribution in [0.5, 0.6) is 0 Å². The van der Waals surface area contributed by atoms with Crippen molar-refractivity contribution in [1.29, 1.82) is 0 Å². The summed E-state index contributed by atoms with van der Waals surface area (Å²) in [4.78, 5) is 23.2. The number of carbonyl (C=O) groups excluding carboxylic acids is 1. The third-order valence-corrected chi connectivity index (χ3v) is 3.14. The van der Waals surface area contributed by atoms with Crippen LogP contribution in [0.1, 0.15) is 47.0 Å². The minimum atomic E-state index is -1.38. The smallest absolute Gasteiger partial charge is 0.323 e. The average molecular weight is 230 g/mol. The Morgan fingerprint density at radius 1 is 1.31 bits per heavy atom. The molecule has 4 nitrogen and oxygen atoms in total. The van der Waals surface area contributed by atoms with E-state index in [1.54, 1.807) is 20.8 Å². The normalized spacial score (nSPS) is 16.2. The van der Waals surface area contributed by atoms with E-state index in [0.717, 1.165) is 6.42 Å². The van der Waals surface area contributed by atoms with Crippen LogP contribution in [0, 0.1) is 11.3 Å². The van der Waals surface area contributed by atoms with E-state index in [0.29, 0.717) is 6.42 Å². The summed E-state index contributed by atoms with van der Waals surface area (Å²) in [5.41, 5.74) is -1.38. The number of carbonyl (C=O) groups is 2. The molecule has 0 aromatic carbocycles. The molecule has 16 heavy (non-hydrogen) atoms. The summed E-state index contributed by atoms with van der Waals surface area (Å²) in [5, 5.41) is 9.32. The summed E-state index contributed by atoms with van der Waals surface area (Å²) >= 11 is 0. The average Bonchev–Trinajstić information content (AvgIpc) is 2.19. The molecule has 0 rings (SSSR count). The van der Waals surface area contributed by atoms with Crippen LogP contribution in [0.4, 0.5) is 0 Å². The molecule has 0 bridgehead atoms. The maximum atomic E-state index is 11.9. The van der Waals surface area contributed by atoms with Gasteiger partial charge in [0.05, 0.1) is 6.61 Å². The molecule has 2 atom stereocenters. The first-order chi connectivity index (χ1) is 7.47. The van der Waals surface area contributed by atoms with Crippen LogP contribution in [-0.4, -0.2) is 23.7 Å². The molecule has 94 valence electrons. The fourth-order valence-electron chi connectivity index (χ4n) is 2.08. The second-order valence-electron chi connectivity index (χ2n) is 4.04. The molecule has 0 aromatic rings. The first-order valence-corrected chi connectivity index (χ1v) is 5.87. The monoisotopic (exact) mass is 230 g/mol. The molecular formula is C12H22O4. The highest BCUT2D eigenvalue weighted by Gasteiger charge is 2.50. The topological polar surface area (TPSA) is 63.6 Å². The van der Waals surface area contributed by atoms with Crippen molar-refractivity contribution in [2.45, 2.75) is 47.0 Å². The van der Waals surface area contributed by atoms with Gasteiger partial charge < -0.3 is 9.84 Å². The molecule has 0 aliphatic heterocycles. The van der Waals surface area contributed by atoms with E-state index >= 15 is 0 Å². The van der Waals surface area contributed by atoms with Crippen molar-refractivity contribution in [2.24, 2.45) is 11.3 Å². The standard InChI is InChI=1S/C12H22O4/c1-5-8-9(4)12(6-2,10(13)14)11(15)16-7-3/h9H,5-8H2,1-4H3,(H,13,14)/t9-,12?/m0/s1. The molecular weight excluding hydrogens is 208 g/mol.